The molecule has 23 heavy (non-hydrogen) atoms. The molecule has 0 spiro atoms. The van der Waals surface area contributed by atoms with Gasteiger partial charge in [0, 0.05) is 26.5 Å². The Bertz CT molecular complexity index is 611. The van der Waals surface area contributed by atoms with Gasteiger partial charge in [-0.25, -0.2) is 4.98 Å². The van der Waals surface area contributed by atoms with Gasteiger partial charge in [-0.2, -0.15) is 10.1 Å². The third kappa shape index (κ3) is 4.14. The number of aromatic amines is 1. The number of ether oxygens (including phenoxy) is 1. The molecule has 126 valence electrons. The van der Waals surface area contributed by atoms with E-state index < -0.39 is 0 Å². The molecule has 1 aliphatic heterocycles. The average Bonchev–Trinajstić information content (AvgIpc) is 3.22. The number of H-pyrrole nitrogens is 1. The summed E-state index contributed by atoms with van der Waals surface area (Å²) < 4.78 is 10.5. The van der Waals surface area contributed by atoms with Crippen molar-refractivity contribution in [3.8, 4) is 0 Å². The smallest absolute Gasteiger partial charge is 0.231 e. The fourth-order valence-electron chi connectivity index (χ4n) is 2.90. The number of methoxy groups -OCH3 is 1. The topological polar surface area (TPSA) is 93.0 Å². The van der Waals surface area contributed by atoms with Gasteiger partial charge in [0.2, 0.25) is 5.89 Å². The molecule has 0 aromatic carbocycles. The first-order valence-corrected chi connectivity index (χ1v) is 8.22. The van der Waals surface area contributed by atoms with Gasteiger partial charge in [0.15, 0.2) is 5.82 Å². The Kier molecular flexibility index (Phi) is 5.35. The molecule has 2 aromatic rings. The van der Waals surface area contributed by atoms with E-state index in [2.05, 4.69) is 37.1 Å². The van der Waals surface area contributed by atoms with E-state index in [1.54, 1.807) is 7.11 Å². The summed E-state index contributed by atoms with van der Waals surface area (Å²) in [5, 5.41) is 11.3. The highest BCUT2D eigenvalue weighted by Gasteiger charge is 2.26. The third-order valence-corrected chi connectivity index (χ3v) is 4.14. The zero-order valence-electron chi connectivity index (χ0n) is 13.8. The highest BCUT2D eigenvalue weighted by Crippen LogP contribution is 2.26. The van der Waals surface area contributed by atoms with E-state index in [9.17, 15) is 0 Å². The number of piperidine rings is 1. The van der Waals surface area contributed by atoms with Crippen LogP contribution in [0.3, 0.4) is 0 Å². The van der Waals surface area contributed by atoms with E-state index in [1.807, 2.05) is 0 Å². The second-order valence-electron chi connectivity index (χ2n) is 5.92. The van der Waals surface area contributed by atoms with Gasteiger partial charge in [-0.05, 0) is 19.4 Å². The van der Waals surface area contributed by atoms with Gasteiger partial charge in [0.05, 0.1) is 19.1 Å². The molecule has 1 saturated heterocycles. The van der Waals surface area contributed by atoms with Crippen LogP contribution in [-0.2, 0) is 24.1 Å². The number of likely N-dealkylation sites (tertiary alicyclic amines) is 1. The fraction of sp³-hybridized carbons (Fsp3) is 0.733. The molecule has 0 saturated carbocycles. The first kappa shape index (κ1) is 16.1. The molecule has 2 aromatic heterocycles. The lowest BCUT2D eigenvalue weighted by molar-refractivity contribution is 0.176. The molecule has 1 N–H and O–H groups in total. The summed E-state index contributed by atoms with van der Waals surface area (Å²) in [7, 11) is 1.67. The first-order chi connectivity index (χ1) is 11.3. The number of nitrogens with zero attached hydrogens (tertiary/aromatic N) is 5. The molecular weight excluding hydrogens is 296 g/mol. The molecule has 0 radical (unpaired) electrons. The van der Waals surface area contributed by atoms with E-state index in [1.165, 1.54) is 0 Å². The van der Waals surface area contributed by atoms with Crippen LogP contribution in [-0.4, -0.2) is 57.0 Å². The Labute approximate surface area is 135 Å². The van der Waals surface area contributed by atoms with E-state index in [0.717, 1.165) is 62.3 Å². The Morgan fingerprint density at radius 2 is 2.26 bits per heavy atom. The molecular formula is C15H24N6O2. The van der Waals surface area contributed by atoms with E-state index >= 15 is 0 Å². The summed E-state index contributed by atoms with van der Waals surface area (Å²) in [5.41, 5.74) is 0. The summed E-state index contributed by atoms with van der Waals surface area (Å²) >= 11 is 0. The molecule has 3 heterocycles. The maximum Gasteiger partial charge on any atom is 0.231 e. The predicted octanol–water partition coefficient (Wildman–Crippen LogP) is 1.32. The summed E-state index contributed by atoms with van der Waals surface area (Å²) in [4.78, 5) is 11.4. The molecule has 1 fully saturated rings. The largest absolute Gasteiger partial charge is 0.384 e. The molecule has 3 rings (SSSR count). The Morgan fingerprint density at radius 3 is 3.04 bits per heavy atom. The van der Waals surface area contributed by atoms with Gasteiger partial charge >= 0.3 is 0 Å². The number of rotatable bonds is 7. The minimum absolute atomic E-state index is 0.293. The Balaban J connectivity index is 1.58. The van der Waals surface area contributed by atoms with Crippen LogP contribution in [0.25, 0.3) is 0 Å². The lowest BCUT2D eigenvalue weighted by Gasteiger charge is -2.30. The van der Waals surface area contributed by atoms with Gasteiger partial charge in [-0.3, -0.25) is 10.00 Å². The van der Waals surface area contributed by atoms with Gasteiger partial charge in [-0.15, -0.1) is 0 Å². The van der Waals surface area contributed by atoms with Crippen LogP contribution in [0.15, 0.2) is 4.52 Å². The van der Waals surface area contributed by atoms with Crippen molar-refractivity contribution in [3.63, 3.8) is 0 Å². The van der Waals surface area contributed by atoms with Crippen LogP contribution in [0, 0.1) is 0 Å². The highest BCUT2D eigenvalue weighted by atomic mass is 16.5. The molecule has 1 atom stereocenters. The van der Waals surface area contributed by atoms with Gasteiger partial charge in [-0.1, -0.05) is 12.1 Å². The minimum Gasteiger partial charge on any atom is -0.384 e. The van der Waals surface area contributed by atoms with E-state index in [0.29, 0.717) is 18.9 Å². The average molecular weight is 320 g/mol. The van der Waals surface area contributed by atoms with Crippen molar-refractivity contribution in [3.05, 3.63) is 23.4 Å². The SMILES string of the molecule is CCc1n[nH]c(CN2CCCC(c3nc(CCOC)no3)C2)n1. The summed E-state index contributed by atoms with van der Waals surface area (Å²) in [6, 6.07) is 0. The van der Waals surface area contributed by atoms with Crippen molar-refractivity contribution >= 4 is 0 Å². The van der Waals surface area contributed by atoms with Gasteiger partial charge in [0.1, 0.15) is 11.6 Å². The molecule has 0 bridgehead atoms. The molecule has 8 nitrogen and oxygen atoms in total. The number of nitrogens with one attached hydrogen (secondary N) is 1. The van der Waals surface area contributed by atoms with Crippen LogP contribution in [0.1, 0.15) is 49.0 Å². The molecule has 0 amide bonds. The highest BCUT2D eigenvalue weighted by molar-refractivity contribution is 4.98. The maximum absolute atomic E-state index is 5.44. The van der Waals surface area contributed by atoms with Crippen molar-refractivity contribution in [2.24, 2.45) is 0 Å². The van der Waals surface area contributed by atoms with Crippen molar-refractivity contribution < 1.29 is 9.26 Å². The number of aryl methyl sites for hydroxylation is 1. The van der Waals surface area contributed by atoms with Crippen molar-refractivity contribution in [2.75, 3.05) is 26.8 Å². The normalized spacial score (nSPS) is 19.3. The molecule has 1 unspecified atom stereocenters. The van der Waals surface area contributed by atoms with Crippen LogP contribution in [0.5, 0.6) is 0 Å². The van der Waals surface area contributed by atoms with E-state index in [-0.39, 0.29) is 0 Å². The number of hydrogen-bond donors (Lipinski definition) is 1. The van der Waals surface area contributed by atoms with Crippen molar-refractivity contribution in [1.29, 1.82) is 0 Å². The lowest BCUT2D eigenvalue weighted by Crippen LogP contribution is -2.34. The zero-order valence-corrected chi connectivity index (χ0v) is 13.8. The predicted molar refractivity (Wildman–Crippen MR) is 82.9 cm³/mol. The minimum atomic E-state index is 0.293. The zero-order chi connectivity index (χ0) is 16.1. The number of aromatic nitrogens is 5. The monoisotopic (exact) mass is 320 g/mol. The molecule has 0 aliphatic carbocycles. The summed E-state index contributed by atoms with van der Waals surface area (Å²) in [6.45, 7) is 5.42. The van der Waals surface area contributed by atoms with Crippen LogP contribution >= 0.6 is 0 Å². The first-order valence-electron chi connectivity index (χ1n) is 8.22. The maximum atomic E-state index is 5.44. The second-order valence-corrected chi connectivity index (χ2v) is 5.92. The van der Waals surface area contributed by atoms with Gasteiger partial charge < -0.3 is 9.26 Å². The Hall–Kier alpha value is -1.80. The lowest BCUT2D eigenvalue weighted by atomic mass is 9.98. The number of hydrogen-bond acceptors (Lipinski definition) is 7. The standard InChI is InChI=1S/C15H24N6O2/c1-3-12-16-14(19-18-12)10-21-7-4-5-11(9-21)15-17-13(20-23-15)6-8-22-2/h11H,3-10H2,1-2H3,(H,16,18,19). The summed E-state index contributed by atoms with van der Waals surface area (Å²) in [6.07, 6.45) is 3.74. The molecule has 1 aliphatic rings. The third-order valence-electron chi connectivity index (χ3n) is 4.14. The van der Waals surface area contributed by atoms with Gasteiger partial charge in [0.25, 0.3) is 0 Å². The van der Waals surface area contributed by atoms with Crippen LogP contribution in [0.4, 0.5) is 0 Å². The van der Waals surface area contributed by atoms with Crippen molar-refractivity contribution in [2.45, 2.75) is 45.1 Å². The van der Waals surface area contributed by atoms with E-state index in [4.69, 9.17) is 9.26 Å². The van der Waals surface area contributed by atoms with Crippen LogP contribution in [0.2, 0.25) is 0 Å². The quantitative estimate of drug-likeness (QED) is 0.822. The second kappa shape index (κ2) is 7.65. The fourth-order valence-corrected chi connectivity index (χ4v) is 2.90. The Morgan fingerprint density at radius 1 is 1.35 bits per heavy atom. The summed E-state index contributed by atoms with van der Waals surface area (Å²) in [5.74, 6) is 3.55. The van der Waals surface area contributed by atoms with Crippen molar-refractivity contribution in [1.82, 2.24) is 30.2 Å². The van der Waals surface area contributed by atoms with Crippen LogP contribution < -0.4 is 0 Å². The molecule has 8 heteroatoms.